The molecule has 27 heavy (non-hydrogen) atoms. The van der Waals surface area contributed by atoms with E-state index in [1.165, 1.54) is 0 Å². The van der Waals surface area contributed by atoms with Gasteiger partial charge in [0.2, 0.25) is 0 Å². The number of halogens is 3. The van der Waals surface area contributed by atoms with E-state index in [-0.39, 0.29) is 14.1 Å². The van der Waals surface area contributed by atoms with Gasteiger partial charge >= 0.3 is 0 Å². The first-order valence-corrected chi connectivity index (χ1v) is 8.44. The second kappa shape index (κ2) is 36.1. The largest absolute Gasteiger partial charge is 0.269 e. The fourth-order valence-electron chi connectivity index (χ4n) is 1.09. The van der Waals surface area contributed by atoms with Crippen molar-refractivity contribution in [1.29, 1.82) is 0 Å². The van der Waals surface area contributed by atoms with E-state index in [2.05, 4.69) is 39.5 Å². The topological polar surface area (TPSA) is 9.72 Å². The molecule has 0 amide bonds. The monoisotopic (exact) mass is 444 g/mol. The predicted molar refractivity (Wildman–Crippen MR) is 126 cm³/mol. The minimum absolute atomic E-state index is 0. The molecule has 0 aromatic carbocycles. The molecular weight excluding hydrogens is 411 g/mol. The SMILES string of the molecule is C=CCN([S])CC=C.C=CCN([S])CC=C.C=CCN([S])CC=C.F.F.F. The van der Waals surface area contributed by atoms with E-state index in [0.717, 1.165) is 39.3 Å². The summed E-state index contributed by atoms with van der Waals surface area (Å²) >= 11 is 14.5. The van der Waals surface area contributed by atoms with Crippen LogP contribution in [0, 0.1) is 0 Å². The third-order valence-electron chi connectivity index (χ3n) is 2.00. The summed E-state index contributed by atoms with van der Waals surface area (Å²) in [6, 6.07) is 0. The van der Waals surface area contributed by atoms with Crippen molar-refractivity contribution < 1.29 is 14.1 Å². The van der Waals surface area contributed by atoms with Gasteiger partial charge in [-0.1, -0.05) is 36.5 Å². The van der Waals surface area contributed by atoms with Gasteiger partial charge in [0.15, 0.2) is 0 Å². The lowest BCUT2D eigenvalue weighted by atomic mass is 10.5. The third-order valence-corrected chi connectivity index (χ3v) is 2.89. The molecule has 3 radical (unpaired) electrons. The molecule has 3 nitrogen and oxygen atoms in total. The first-order valence-electron chi connectivity index (χ1n) is 7.34. The Morgan fingerprint density at radius 3 is 0.593 bits per heavy atom. The van der Waals surface area contributed by atoms with Crippen LogP contribution in [-0.2, 0) is 0 Å². The lowest BCUT2D eigenvalue weighted by Crippen LogP contribution is -2.10. The molecule has 9 heteroatoms. The van der Waals surface area contributed by atoms with E-state index in [1.54, 1.807) is 49.4 Å². The molecule has 0 rings (SSSR count). The molecule has 0 aliphatic carbocycles. The molecule has 0 atom stereocenters. The maximum absolute atomic E-state index is 4.83. The molecule has 0 aromatic rings. The molecule has 0 saturated carbocycles. The number of hydrogen-bond donors (Lipinski definition) is 0. The van der Waals surface area contributed by atoms with Crippen molar-refractivity contribution in [2.75, 3.05) is 39.3 Å². The number of rotatable bonds is 12. The fraction of sp³-hybridized carbons (Fsp3) is 0.333. The second-order valence-corrected chi connectivity index (χ2v) is 5.82. The number of nitrogens with zero attached hydrogens (tertiary/aromatic N) is 3. The van der Waals surface area contributed by atoms with Crippen molar-refractivity contribution in [3.05, 3.63) is 75.9 Å². The lowest BCUT2D eigenvalue weighted by Gasteiger charge is -2.05. The average Bonchev–Trinajstić information content (AvgIpc) is 2.50. The zero-order valence-corrected chi connectivity index (χ0v) is 18.2. The van der Waals surface area contributed by atoms with E-state index >= 15 is 0 Å². The summed E-state index contributed by atoms with van der Waals surface area (Å²) < 4.78 is 5.12. The van der Waals surface area contributed by atoms with Crippen LogP contribution in [-0.4, -0.2) is 52.2 Å². The smallest absolute Gasteiger partial charge is 0.0279 e. The third kappa shape index (κ3) is 45.8. The number of hydrogen-bond acceptors (Lipinski definition) is 3. The zero-order valence-electron chi connectivity index (χ0n) is 15.7. The molecule has 159 valence electrons. The summed E-state index contributed by atoms with van der Waals surface area (Å²) in [4.78, 5) is 0. The van der Waals surface area contributed by atoms with Crippen molar-refractivity contribution in [3.8, 4) is 0 Å². The van der Waals surface area contributed by atoms with Crippen molar-refractivity contribution in [1.82, 2.24) is 12.9 Å². The minimum Gasteiger partial charge on any atom is -0.269 e. The molecule has 0 spiro atoms. The van der Waals surface area contributed by atoms with Crippen LogP contribution in [0.3, 0.4) is 0 Å². The van der Waals surface area contributed by atoms with Crippen LogP contribution in [0.25, 0.3) is 0 Å². The summed E-state index contributed by atoms with van der Waals surface area (Å²) in [5.74, 6) is 0. The summed E-state index contributed by atoms with van der Waals surface area (Å²) in [7, 11) is 0. The van der Waals surface area contributed by atoms with Gasteiger partial charge < -0.3 is 0 Å². The Balaban J connectivity index is -0.0000000580. The summed E-state index contributed by atoms with van der Waals surface area (Å²) in [5, 5.41) is 0. The van der Waals surface area contributed by atoms with Gasteiger partial charge in [0, 0.05) is 77.7 Å². The summed E-state index contributed by atoms with van der Waals surface area (Å²) in [6.45, 7) is 25.7. The van der Waals surface area contributed by atoms with Crippen molar-refractivity contribution in [2.45, 2.75) is 0 Å². The van der Waals surface area contributed by atoms with Gasteiger partial charge in [-0.3, -0.25) is 14.1 Å². The molecule has 0 heterocycles. The highest BCUT2D eigenvalue weighted by molar-refractivity contribution is 7.78. The normalized spacial score (nSPS) is 8.22. The first kappa shape index (κ1) is 40.7. The fourth-order valence-corrected chi connectivity index (χ4v) is 1.72. The zero-order chi connectivity index (χ0) is 19.2. The van der Waals surface area contributed by atoms with Crippen LogP contribution in [0.1, 0.15) is 0 Å². The van der Waals surface area contributed by atoms with Gasteiger partial charge in [-0.2, -0.15) is 0 Å². The highest BCUT2D eigenvalue weighted by Crippen LogP contribution is 1.91. The Kier molecular flexibility index (Phi) is 54.5. The van der Waals surface area contributed by atoms with Crippen molar-refractivity contribution >= 4 is 38.4 Å². The van der Waals surface area contributed by atoms with E-state index in [4.69, 9.17) is 38.4 Å². The molecule has 0 aromatic heterocycles. The molecule has 0 saturated heterocycles. The van der Waals surface area contributed by atoms with Crippen LogP contribution in [0.15, 0.2) is 75.9 Å². The standard InChI is InChI=1S/3C6H10NS.3FH/c3*1-3-5-7(8)6-4-2;;;/h3*3-4H,1-2,5-6H2;3*1H. The molecule has 0 unspecified atom stereocenters. The first-order chi connectivity index (χ1) is 11.4. The molecule has 0 bridgehead atoms. The maximum Gasteiger partial charge on any atom is 0.0279 e. The second-order valence-electron chi connectivity index (χ2n) is 4.27. The summed E-state index contributed by atoms with van der Waals surface area (Å²) in [6.07, 6.45) is 10.6. The summed E-state index contributed by atoms with van der Waals surface area (Å²) in [5.41, 5.74) is 0. The maximum atomic E-state index is 4.83. The molecule has 0 aliphatic rings. The van der Waals surface area contributed by atoms with E-state index in [0.29, 0.717) is 0 Å². The van der Waals surface area contributed by atoms with Gasteiger partial charge in [0.25, 0.3) is 0 Å². The Morgan fingerprint density at radius 2 is 0.519 bits per heavy atom. The Bertz CT molecular complexity index is 278. The van der Waals surface area contributed by atoms with Crippen LogP contribution in [0.4, 0.5) is 14.1 Å². The van der Waals surface area contributed by atoms with Crippen LogP contribution >= 0.6 is 38.4 Å². The van der Waals surface area contributed by atoms with E-state index in [1.807, 2.05) is 0 Å². The molecule has 0 N–H and O–H groups in total. The van der Waals surface area contributed by atoms with Crippen molar-refractivity contribution in [3.63, 3.8) is 0 Å². The minimum atomic E-state index is 0. The van der Waals surface area contributed by atoms with Crippen molar-refractivity contribution in [2.24, 2.45) is 0 Å². The average molecular weight is 445 g/mol. The highest BCUT2D eigenvalue weighted by atomic mass is 32.1. The lowest BCUT2D eigenvalue weighted by molar-refractivity contribution is 0.588. The van der Waals surface area contributed by atoms with E-state index in [9.17, 15) is 0 Å². The molecular formula is C18H33F3N3S3. The predicted octanol–water partition coefficient (Wildman–Crippen LogP) is 5.78. The van der Waals surface area contributed by atoms with Gasteiger partial charge in [0.1, 0.15) is 0 Å². The Morgan fingerprint density at radius 1 is 0.407 bits per heavy atom. The van der Waals surface area contributed by atoms with Gasteiger partial charge in [0.05, 0.1) is 0 Å². The Labute approximate surface area is 180 Å². The van der Waals surface area contributed by atoms with Gasteiger partial charge in [-0.15, -0.1) is 39.5 Å². The van der Waals surface area contributed by atoms with Crippen LogP contribution in [0.2, 0.25) is 0 Å². The van der Waals surface area contributed by atoms with E-state index < -0.39 is 0 Å². The Hall–Kier alpha value is -0.840. The molecule has 0 aliphatic heterocycles. The molecule has 0 fully saturated rings. The van der Waals surface area contributed by atoms with Crippen LogP contribution < -0.4 is 0 Å². The van der Waals surface area contributed by atoms with Crippen LogP contribution in [0.5, 0.6) is 0 Å². The van der Waals surface area contributed by atoms with Gasteiger partial charge in [-0.05, 0) is 0 Å². The highest BCUT2D eigenvalue weighted by Gasteiger charge is 1.90. The van der Waals surface area contributed by atoms with Gasteiger partial charge in [-0.25, -0.2) is 12.9 Å². The quantitative estimate of drug-likeness (QED) is 0.354.